The van der Waals surface area contributed by atoms with Gasteiger partial charge in [-0.25, -0.2) is 13.8 Å². The van der Waals surface area contributed by atoms with Gasteiger partial charge in [0.2, 0.25) is 0 Å². The van der Waals surface area contributed by atoms with Crippen LogP contribution in [0.2, 0.25) is 0 Å². The number of hydrogen-bond donors (Lipinski definition) is 0. The molecular weight excluding hydrogens is 290 g/mol. The van der Waals surface area contributed by atoms with Crippen molar-refractivity contribution >= 4 is 27.4 Å². The lowest BCUT2D eigenvalue weighted by Crippen LogP contribution is -2.12. The molecule has 0 aliphatic carbocycles. The van der Waals surface area contributed by atoms with Gasteiger partial charge in [0.25, 0.3) is 0 Å². The quantitative estimate of drug-likeness (QED) is 0.836. The first-order valence-corrected chi connectivity index (χ1v) is 5.67. The van der Waals surface area contributed by atoms with Crippen LogP contribution < -0.4 is 4.90 Å². The highest BCUT2D eigenvalue weighted by molar-refractivity contribution is 9.10. The Balaban J connectivity index is 2.39. The van der Waals surface area contributed by atoms with E-state index in [-0.39, 0.29) is 5.69 Å². The molecule has 1 aromatic carbocycles. The normalized spacial score (nSPS) is 10.4. The lowest BCUT2D eigenvalue weighted by Gasteiger charge is -2.18. The molecule has 1 aromatic heterocycles. The van der Waals surface area contributed by atoms with Gasteiger partial charge >= 0.3 is 0 Å². The van der Waals surface area contributed by atoms with E-state index >= 15 is 0 Å². The number of aromatic nitrogens is 1. The molecule has 0 spiro atoms. The zero-order valence-corrected chi connectivity index (χ0v) is 10.6. The summed E-state index contributed by atoms with van der Waals surface area (Å²) in [4.78, 5) is 5.61. The van der Waals surface area contributed by atoms with E-state index in [2.05, 4.69) is 20.9 Å². The fourth-order valence-corrected chi connectivity index (χ4v) is 1.67. The van der Waals surface area contributed by atoms with Crippen molar-refractivity contribution in [3.8, 4) is 0 Å². The maximum atomic E-state index is 13.5. The second-order valence-electron chi connectivity index (χ2n) is 3.49. The Morgan fingerprint density at radius 2 is 1.94 bits per heavy atom. The van der Waals surface area contributed by atoms with Crippen molar-refractivity contribution in [2.75, 3.05) is 11.9 Å². The van der Waals surface area contributed by atoms with Crippen molar-refractivity contribution in [1.82, 2.24) is 4.98 Å². The summed E-state index contributed by atoms with van der Waals surface area (Å²) < 4.78 is 27.4. The van der Waals surface area contributed by atoms with E-state index in [0.29, 0.717) is 5.82 Å². The Bertz CT molecular complexity index is 529. The number of hydrogen-bond acceptors (Lipinski definition) is 2. The maximum Gasteiger partial charge on any atom is 0.147 e. The minimum absolute atomic E-state index is 0.153. The minimum atomic E-state index is -0.487. The van der Waals surface area contributed by atoms with Crippen LogP contribution in [0.3, 0.4) is 0 Å². The van der Waals surface area contributed by atoms with Gasteiger partial charge in [-0.1, -0.05) is 0 Å². The topological polar surface area (TPSA) is 16.1 Å². The average Bonchev–Trinajstić information content (AvgIpc) is 2.32. The lowest BCUT2D eigenvalue weighted by molar-refractivity contribution is 0.600. The second kappa shape index (κ2) is 4.79. The van der Waals surface area contributed by atoms with Crippen molar-refractivity contribution < 1.29 is 8.78 Å². The summed E-state index contributed by atoms with van der Waals surface area (Å²) in [6, 6.07) is 6.82. The van der Waals surface area contributed by atoms with Crippen LogP contribution in [0.4, 0.5) is 20.3 Å². The minimum Gasteiger partial charge on any atom is -0.327 e. The van der Waals surface area contributed by atoms with Crippen LogP contribution in [-0.2, 0) is 0 Å². The number of nitrogens with zero attached hydrogens (tertiary/aromatic N) is 2. The Morgan fingerprint density at radius 3 is 2.59 bits per heavy atom. The van der Waals surface area contributed by atoms with Gasteiger partial charge in [0.15, 0.2) is 0 Å². The second-order valence-corrected chi connectivity index (χ2v) is 4.41. The Labute approximate surface area is 106 Å². The first kappa shape index (κ1) is 12.0. The largest absolute Gasteiger partial charge is 0.327 e. The Hall–Kier alpha value is -1.49. The van der Waals surface area contributed by atoms with Gasteiger partial charge < -0.3 is 4.90 Å². The van der Waals surface area contributed by atoms with E-state index in [0.717, 1.165) is 22.7 Å². The molecule has 1 heterocycles. The molecule has 0 atom stereocenters. The standard InChI is InChI=1S/C12H9BrF2N2/c1-17(12-5-2-8(13)7-16-12)11-6-9(14)3-4-10(11)15/h2-7H,1H3. The first-order chi connectivity index (χ1) is 8.08. The third-order valence-corrected chi connectivity index (χ3v) is 2.79. The van der Waals surface area contributed by atoms with Crippen molar-refractivity contribution in [2.45, 2.75) is 0 Å². The predicted octanol–water partition coefficient (Wildman–Crippen LogP) is 3.89. The molecule has 0 radical (unpaired) electrons. The van der Waals surface area contributed by atoms with Crippen LogP contribution in [0, 0.1) is 11.6 Å². The van der Waals surface area contributed by atoms with E-state index < -0.39 is 11.6 Å². The molecule has 0 saturated carbocycles. The third kappa shape index (κ3) is 2.61. The van der Waals surface area contributed by atoms with Gasteiger partial charge in [-0.3, -0.25) is 0 Å². The van der Waals surface area contributed by atoms with Crippen molar-refractivity contribution in [2.24, 2.45) is 0 Å². The van der Waals surface area contributed by atoms with Crippen LogP contribution in [0.5, 0.6) is 0 Å². The van der Waals surface area contributed by atoms with Crippen molar-refractivity contribution in [3.63, 3.8) is 0 Å². The lowest BCUT2D eigenvalue weighted by atomic mass is 10.2. The molecule has 17 heavy (non-hydrogen) atoms. The number of benzene rings is 1. The van der Waals surface area contributed by atoms with Gasteiger partial charge in [0.05, 0.1) is 5.69 Å². The van der Waals surface area contributed by atoms with Crippen LogP contribution >= 0.6 is 15.9 Å². The molecule has 88 valence electrons. The van der Waals surface area contributed by atoms with Crippen LogP contribution in [0.1, 0.15) is 0 Å². The summed E-state index contributed by atoms with van der Waals surface area (Å²) in [5.41, 5.74) is 0.153. The van der Waals surface area contributed by atoms with Crippen molar-refractivity contribution in [3.05, 3.63) is 52.6 Å². The van der Waals surface area contributed by atoms with Crippen LogP contribution in [0.15, 0.2) is 41.0 Å². The predicted molar refractivity (Wildman–Crippen MR) is 66.4 cm³/mol. The highest BCUT2D eigenvalue weighted by atomic mass is 79.9. The number of rotatable bonds is 2. The molecule has 2 aromatic rings. The molecule has 0 fully saturated rings. The molecular formula is C12H9BrF2N2. The molecule has 0 bridgehead atoms. The molecule has 0 unspecified atom stereocenters. The number of pyridine rings is 1. The molecule has 5 heteroatoms. The summed E-state index contributed by atoms with van der Waals surface area (Å²) in [7, 11) is 1.63. The zero-order chi connectivity index (χ0) is 12.4. The smallest absolute Gasteiger partial charge is 0.147 e. The number of anilines is 2. The summed E-state index contributed by atoms with van der Waals surface area (Å²) in [5, 5.41) is 0. The molecule has 0 N–H and O–H groups in total. The summed E-state index contributed by atoms with van der Waals surface area (Å²) in [5.74, 6) is -0.429. The first-order valence-electron chi connectivity index (χ1n) is 4.88. The van der Waals surface area contributed by atoms with E-state index in [4.69, 9.17) is 0 Å². The van der Waals surface area contributed by atoms with E-state index in [1.54, 1.807) is 25.4 Å². The van der Waals surface area contributed by atoms with Gasteiger partial charge in [-0.2, -0.15) is 0 Å². The maximum absolute atomic E-state index is 13.5. The van der Waals surface area contributed by atoms with E-state index in [1.165, 1.54) is 4.90 Å². The average molecular weight is 299 g/mol. The molecule has 2 rings (SSSR count). The molecule has 0 amide bonds. The molecule has 0 aliphatic heterocycles. The highest BCUT2D eigenvalue weighted by Crippen LogP contribution is 2.26. The summed E-state index contributed by atoms with van der Waals surface area (Å²) >= 11 is 3.26. The fraction of sp³-hybridized carbons (Fsp3) is 0.0833. The monoisotopic (exact) mass is 298 g/mol. The Morgan fingerprint density at radius 1 is 1.18 bits per heavy atom. The third-order valence-electron chi connectivity index (χ3n) is 2.32. The van der Waals surface area contributed by atoms with Gasteiger partial charge in [0, 0.05) is 23.8 Å². The fourth-order valence-electron chi connectivity index (χ4n) is 1.43. The SMILES string of the molecule is CN(c1ccc(Br)cn1)c1cc(F)ccc1F. The highest BCUT2D eigenvalue weighted by Gasteiger charge is 2.11. The molecule has 0 aliphatic rings. The van der Waals surface area contributed by atoms with Gasteiger partial charge in [-0.05, 0) is 40.2 Å². The van der Waals surface area contributed by atoms with Gasteiger partial charge in [0.1, 0.15) is 17.5 Å². The van der Waals surface area contributed by atoms with E-state index in [9.17, 15) is 8.78 Å². The molecule has 0 saturated heterocycles. The number of halogens is 3. The van der Waals surface area contributed by atoms with Crippen LogP contribution in [-0.4, -0.2) is 12.0 Å². The summed E-state index contributed by atoms with van der Waals surface area (Å²) in [6.45, 7) is 0. The summed E-state index contributed by atoms with van der Waals surface area (Å²) in [6.07, 6.45) is 1.60. The van der Waals surface area contributed by atoms with Crippen LogP contribution in [0.25, 0.3) is 0 Å². The Kier molecular flexibility index (Phi) is 3.38. The van der Waals surface area contributed by atoms with Crippen molar-refractivity contribution in [1.29, 1.82) is 0 Å². The molecule has 2 nitrogen and oxygen atoms in total. The van der Waals surface area contributed by atoms with E-state index in [1.807, 2.05) is 0 Å². The van der Waals surface area contributed by atoms with Gasteiger partial charge in [-0.15, -0.1) is 0 Å². The zero-order valence-electron chi connectivity index (χ0n) is 8.99.